The highest BCUT2D eigenvalue weighted by atomic mass is 16.4. The molecule has 0 fully saturated rings. The molecular formula is C11H22O2. The van der Waals surface area contributed by atoms with Gasteiger partial charge in [0, 0.05) is 6.42 Å². The molecule has 0 saturated heterocycles. The van der Waals surface area contributed by atoms with Crippen molar-refractivity contribution in [2.75, 3.05) is 0 Å². The minimum Gasteiger partial charge on any atom is -0.481 e. The lowest BCUT2D eigenvalue weighted by Crippen LogP contribution is -1.93. The molecule has 0 aliphatic rings. The number of hydrogen-bond donors (Lipinski definition) is 1. The summed E-state index contributed by atoms with van der Waals surface area (Å²) in [4.78, 5) is 10.6. The van der Waals surface area contributed by atoms with Gasteiger partial charge < -0.3 is 5.11 Å². The summed E-state index contributed by atoms with van der Waals surface area (Å²) in [6.07, 6.45) is 10.1. The van der Waals surface area contributed by atoms with Crippen molar-refractivity contribution < 1.29 is 9.90 Å². The predicted molar refractivity (Wildman–Crippen MR) is 54.9 cm³/mol. The second-order valence-corrected chi connectivity index (χ2v) is 3.60. The summed E-state index contributed by atoms with van der Waals surface area (Å²) < 4.78 is 6.35. The third kappa shape index (κ3) is 11.5. The monoisotopic (exact) mass is 187 g/mol. The molecule has 0 atom stereocenters. The lowest BCUT2D eigenvalue weighted by atomic mass is 10.1. The van der Waals surface area contributed by atoms with E-state index >= 15 is 0 Å². The normalized spacial score (nSPS) is 11.0. The van der Waals surface area contributed by atoms with E-state index in [1.54, 1.807) is 0 Å². The van der Waals surface area contributed by atoms with E-state index in [0.717, 1.165) is 12.8 Å². The van der Waals surface area contributed by atoms with Gasteiger partial charge in [0.15, 0.2) is 0 Å². The summed E-state index contributed by atoms with van der Waals surface area (Å²) in [5.74, 6) is -0.406. The quantitative estimate of drug-likeness (QED) is 0.560. The SMILES string of the molecule is [2H]OC(=O)CCCCCCCCCC. The van der Waals surface area contributed by atoms with Crippen LogP contribution >= 0.6 is 0 Å². The van der Waals surface area contributed by atoms with E-state index in [4.69, 9.17) is 1.43 Å². The molecular weight excluding hydrogens is 164 g/mol. The first-order chi connectivity index (χ1) is 6.81. The minimum atomic E-state index is -0.406. The fraction of sp³-hybridized carbons (Fsp3) is 0.909. The van der Waals surface area contributed by atoms with Crippen LogP contribution in [0.3, 0.4) is 0 Å². The Morgan fingerprint density at radius 1 is 1.08 bits per heavy atom. The van der Waals surface area contributed by atoms with Crippen LogP contribution in [0, 0.1) is 0 Å². The number of rotatable bonds is 9. The lowest BCUT2D eigenvalue weighted by molar-refractivity contribution is -0.137. The predicted octanol–water partition coefficient (Wildman–Crippen LogP) is 3.60. The Labute approximate surface area is 82.8 Å². The molecule has 0 unspecified atom stereocenters. The van der Waals surface area contributed by atoms with Gasteiger partial charge in [0.1, 0.15) is 0 Å². The largest absolute Gasteiger partial charge is 0.481 e. The first-order valence-corrected chi connectivity index (χ1v) is 5.47. The Morgan fingerprint density at radius 3 is 2.15 bits per heavy atom. The van der Waals surface area contributed by atoms with E-state index in [2.05, 4.69) is 12.0 Å². The maximum atomic E-state index is 10.6. The third-order valence-corrected chi connectivity index (χ3v) is 2.23. The van der Waals surface area contributed by atoms with Crippen LogP contribution in [0.5, 0.6) is 0 Å². The van der Waals surface area contributed by atoms with Crippen LogP contribution in [0.25, 0.3) is 1.43 Å². The van der Waals surface area contributed by atoms with Crippen LogP contribution in [0.1, 0.15) is 64.7 Å². The van der Waals surface area contributed by atoms with E-state index < -0.39 is 5.97 Å². The summed E-state index contributed by atoms with van der Waals surface area (Å²) in [5.41, 5.74) is 0. The molecule has 0 radical (unpaired) electrons. The summed E-state index contributed by atoms with van der Waals surface area (Å²) in [6, 6.07) is 0. The van der Waals surface area contributed by atoms with Crippen LogP contribution in [0.2, 0.25) is 0 Å². The van der Waals surface area contributed by atoms with Gasteiger partial charge in [0.2, 0.25) is 0 Å². The maximum Gasteiger partial charge on any atom is 0.303 e. The Hall–Kier alpha value is -0.530. The molecule has 0 saturated carbocycles. The molecule has 0 spiro atoms. The van der Waals surface area contributed by atoms with Crippen molar-refractivity contribution in [3.8, 4) is 0 Å². The average molecular weight is 187 g/mol. The molecule has 2 heteroatoms. The van der Waals surface area contributed by atoms with E-state index in [9.17, 15) is 4.79 Å². The van der Waals surface area contributed by atoms with Gasteiger partial charge in [0.05, 0.1) is 0 Å². The highest BCUT2D eigenvalue weighted by molar-refractivity contribution is 5.66. The molecule has 13 heavy (non-hydrogen) atoms. The van der Waals surface area contributed by atoms with Gasteiger partial charge in [-0.1, -0.05) is 51.9 Å². The number of carbonyl (C=O) groups is 1. The Bertz CT molecular complexity index is 137. The topological polar surface area (TPSA) is 37.3 Å². The summed E-state index contributed by atoms with van der Waals surface area (Å²) in [5, 5.41) is 3.82. The van der Waals surface area contributed by atoms with Gasteiger partial charge in [-0.25, -0.2) is 0 Å². The van der Waals surface area contributed by atoms with E-state index in [-0.39, 0.29) is 0 Å². The molecule has 2 nitrogen and oxygen atoms in total. The molecule has 0 rings (SSSR count). The van der Waals surface area contributed by atoms with E-state index in [0.29, 0.717) is 6.42 Å². The van der Waals surface area contributed by atoms with Crippen molar-refractivity contribution in [3.63, 3.8) is 0 Å². The van der Waals surface area contributed by atoms with Gasteiger partial charge in [-0.05, 0) is 6.42 Å². The molecule has 0 amide bonds. The Morgan fingerprint density at radius 2 is 1.62 bits per heavy atom. The van der Waals surface area contributed by atoms with Crippen molar-refractivity contribution >= 4 is 5.97 Å². The van der Waals surface area contributed by atoms with Gasteiger partial charge in [-0.2, -0.15) is 0 Å². The smallest absolute Gasteiger partial charge is 0.303 e. The Kier molecular flexibility index (Phi) is 7.76. The molecule has 1 N–H and O–H groups in total. The van der Waals surface area contributed by atoms with Gasteiger partial charge in [-0.3, -0.25) is 4.79 Å². The second-order valence-electron chi connectivity index (χ2n) is 3.60. The average Bonchev–Trinajstić information content (AvgIpc) is 2.21. The third-order valence-electron chi connectivity index (χ3n) is 2.23. The van der Waals surface area contributed by atoms with Crippen LogP contribution in [0.15, 0.2) is 0 Å². The number of aliphatic carboxylic acids is 1. The molecule has 0 heterocycles. The van der Waals surface area contributed by atoms with Crippen molar-refractivity contribution in [2.24, 2.45) is 0 Å². The van der Waals surface area contributed by atoms with Crippen LogP contribution < -0.4 is 0 Å². The standard InChI is InChI=1S/C11H22O2/c1-2-3-4-5-6-7-8-9-10-11(12)13/h2-10H2,1H3,(H,12,13)/i/hD. The summed E-state index contributed by atoms with van der Waals surface area (Å²) in [6.45, 7) is 2.21. The van der Waals surface area contributed by atoms with Gasteiger partial charge in [-0.15, -0.1) is 0 Å². The lowest BCUT2D eigenvalue weighted by Gasteiger charge is -1.99. The zero-order valence-electron chi connectivity index (χ0n) is 9.68. The number of carboxylic acid groups (broad SMARTS) is 1. The second kappa shape index (κ2) is 9.56. The molecule has 0 aromatic carbocycles. The van der Waals surface area contributed by atoms with Gasteiger partial charge in [0.25, 0.3) is 1.43 Å². The summed E-state index contributed by atoms with van der Waals surface area (Å²) >= 11 is 0. The maximum absolute atomic E-state index is 10.6. The number of unbranched alkanes of at least 4 members (excludes halogenated alkanes) is 7. The summed E-state index contributed by atoms with van der Waals surface area (Å²) in [7, 11) is 0. The molecule has 0 aliphatic heterocycles. The number of carboxylic acids is 1. The van der Waals surface area contributed by atoms with Crippen LogP contribution in [-0.4, -0.2) is 11.1 Å². The van der Waals surface area contributed by atoms with Crippen LogP contribution in [-0.2, 0) is 4.79 Å². The zero-order valence-corrected chi connectivity index (χ0v) is 8.68. The van der Waals surface area contributed by atoms with Crippen LogP contribution in [0.4, 0.5) is 0 Å². The van der Waals surface area contributed by atoms with E-state index in [1.807, 2.05) is 0 Å². The fourth-order valence-corrected chi connectivity index (χ4v) is 1.40. The Balaban J connectivity index is 2.95. The van der Waals surface area contributed by atoms with Crippen molar-refractivity contribution in [1.82, 2.24) is 0 Å². The van der Waals surface area contributed by atoms with Crippen molar-refractivity contribution in [3.05, 3.63) is 0 Å². The molecule has 78 valence electrons. The number of hydrogen-bond acceptors (Lipinski definition) is 2. The van der Waals surface area contributed by atoms with E-state index in [1.165, 1.54) is 38.5 Å². The first kappa shape index (κ1) is 10.6. The minimum absolute atomic E-state index is 0.401. The van der Waals surface area contributed by atoms with Crippen molar-refractivity contribution in [2.45, 2.75) is 64.7 Å². The first-order valence-electron chi connectivity index (χ1n) is 5.88. The molecule has 0 bridgehead atoms. The highest BCUT2D eigenvalue weighted by Gasteiger charge is 1.95. The zero-order chi connectivity index (χ0) is 10.6. The fourth-order valence-electron chi connectivity index (χ4n) is 1.40. The molecule has 0 aromatic rings. The molecule has 0 aliphatic carbocycles. The molecule has 0 aromatic heterocycles. The van der Waals surface area contributed by atoms with Gasteiger partial charge >= 0.3 is 5.97 Å². The van der Waals surface area contributed by atoms with Crippen molar-refractivity contribution in [1.29, 1.82) is 1.43 Å². The highest BCUT2D eigenvalue weighted by Crippen LogP contribution is 2.09.